The summed E-state index contributed by atoms with van der Waals surface area (Å²) in [4.78, 5) is 26.6. The molecule has 166 valence electrons. The number of piperidine rings is 1. The van der Waals surface area contributed by atoms with Gasteiger partial charge in [0, 0.05) is 25.1 Å². The second kappa shape index (κ2) is 9.82. The third-order valence-corrected chi connectivity index (χ3v) is 5.69. The summed E-state index contributed by atoms with van der Waals surface area (Å²) >= 11 is 6.02. The Morgan fingerprint density at radius 1 is 1.10 bits per heavy atom. The molecule has 6 heteroatoms. The fraction of sp³-hybridized carbons (Fsp3) is 0.440. The normalized spacial score (nSPS) is 15.1. The molecule has 2 aromatic rings. The first kappa shape index (κ1) is 23.3. The van der Waals surface area contributed by atoms with Gasteiger partial charge >= 0.3 is 6.09 Å². The van der Waals surface area contributed by atoms with Crippen LogP contribution in [0, 0.1) is 11.7 Å². The third kappa shape index (κ3) is 6.79. The minimum absolute atomic E-state index is 0.132. The Bertz CT molecular complexity index is 946. The molecule has 1 fully saturated rings. The molecule has 0 radical (unpaired) electrons. The topological polar surface area (TPSA) is 46.6 Å². The molecule has 4 nitrogen and oxygen atoms in total. The molecule has 31 heavy (non-hydrogen) atoms. The molecule has 0 aliphatic carbocycles. The Labute approximate surface area is 188 Å². The van der Waals surface area contributed by atoms with Crippen LogP contribution in [0.1, 0.15) is 55.1 Å². The van der Waals surface area contributed by atoms with Crippen molar-refractivity contribution in [2.45, 2.75) is 52.1 Å². The maximum absolute atomic E-state index is 13.2. The van der Waals surface area contributed by atoms with E-state index in [9.17, 15) is 14.0 Å². The van der Waals surface area contributed by atoms with E-state index in [0.717, 1.165) is 30.9 Å². The van der Waals surface area contributed by atoms with Gasteiger partial charge in [-0.3, -0.25) is 4.79 Å². The van der Waals surface area contributed by atoms with Gasteiger partial charge in [0.1, 0.15) is 11.4 Å². The molecule has 0 spiro atoms. The number of rotatable bonds is 5. The highest BCUT2D eigenvalue weighted by molar-refractivity contribution is 6.34. The summed E-state index contributed by atoms with van der Waals surface area (Å²) in [5, 5.41) is 0.137. The van der Waals surface area contributed by atoms with Crippen LogP contribution in [0.15, 0.2) is 42.5 Å². The zero-order valence-corrected chi connectivity index (χ0v) is 19.0. The van der Waals surface area contributed by atoms with Crippen LogP contribution in [-0.4, -0.2) is 35.5 Å². The van der Waals surface area contributed by atoms with Gasteiger partial charge < -0.3 is 9.64 Å². The van der Waals surface area contributed by atoms with Gasteiger partial charge in [-0.05, 0) is 75.3 Å². The lowest BCUT2D eigenvalue weighted by Crippen LogP contribution is -2.42. The van der Waals surface area contributed by atoms with Crippen LogP contribution in [0.2, 0.25) is 5.02 Å². The number of nitrogens with zero attached hydrogens (tertiary/aromatic N) is 1. The van der Waals surface area contributed by atoms with Gasteiger partial charge in [-0.25, -0.2) is 9.18 Å². The highest BCUT2D eigenvalue weighted by atomic mass is 35.5. The maximum Gasteiger partial charge on any atom is 0.410 e. The molecule has 1 aliphatic heterocycles. The molecule has 1 aliphatic rings. The van der Waals surface area contributed by atoms with Crippen LogP contribution in [0.4, 0.5) is 9.18 Å². The molecule has 0 saturated carbocycles. The van der Waals surface area contributed by atoms with Gasteiger partial charge in [-0.15, -0.1) is 0 Å². The van der Waals surface area contributed by atoms with Crippen molar-refractivity contribution in [1.82, 2.24) is 4.90 Å². The van der Waals surface area contributed by atoms with E-state index >= 15 is 0 Å². The highest BCUT2D eigenvalue weighted by Crippen LogP contribution is 2.24. The second-order valence-electron chi connectivity index (χ2n) is 9.16. The monoisotopic (exact) mass is 445 g/mol. The number of halogens is 2. The van der Waals surface area contributed by atoms with Crippen molar-refractivity contribution in [3.05, 3.63) is 70.0 Å². The molecule has 3 rings (SSSR count). The Balaban J connectivity index is 1.55. The number of hydrogen-bond acceptors (Lipinski definition) is 3. The van der Waals surface area contributed by atoms with Gasteiger partial charge in [-0.1, -0.05) is 35.9 Å². The predicted octanol–water partition coefficient (Wildman–Crippen LogP) is 6.09. The van der Waals surface area contributed by atoms with E-state index in [-0.39, 0.29) is 23.3 Å². The second-order valence-corrected chi connectivity index (χ2v) is 9.57. The van der Waals surface area contributed by atoms with Crippen LogP contribution in [0.5, 0.6) is 0 Å². The zero-order chi connectivity index (χ0) is 22.6. The fourth-order valence-corrected chi connectivity index (χ4v) is 4.11. The predicted molar refractivity (Wildman–Crippen MR) is 120 cm³/mol. The first-order valence-corrected chi connectivity index (χ1v) is 11.0. The lowest BCUT2D eigenvalue weighted by atomic mass is 9.89. The molecule has 1 amide bonds. The largest absolute Gasteiger partial charge is 0.444 e. The van der Waals surface area contributed by atoms with Crippen LogP contribution in [-0.2, 0) is 17.6 Å². The fourth-order valence-electron chi connectivity index (χ4n) is 3.84. The van der Waals surface area contributed by atoms with E-state index in [0.29, 0.717) is 24.6 Å². The molecule has 0 unspecified atom stereocenters. The van der Waals surface area contributed by atoms with Crippen molar-refractivity contribution in [3.8, 4) is 0 Å². The molecule has 0 atom stereocenters. The molecule has 2 aromatic carbocycles. The van der Waals surface area contributed by atoms with Gasteiger partial charge in [0.05, 0.1) is 5.02 Å². The number of carbonyl (C=O) groups is 2. The van der Waals surface area contributed by atoms with Crippen LogP contribution in [0.25, 0.3) is 0 Å². The van der Waals surface area contributed by atoms with Crippen molar-refractivity contribution < 1.29 is 18.7 Å². The number of likely N-dealkylation sites (tertiary alicyclic amines) is 1. The number of amides is 1. The first-order valence-electron chi connectivity index (χ1n) is 10.6. The van der Waals surface area contributed by atoms with E-state index in [1.54, 1.807) is 4.90 Å². The summed E-state index contributed by atoms with van der Waals surface area (Å²) in [5.41, 5.74) is 1.94. The lowest BCUT2D eigenvalue weighted by Gasteiger charge is -2.33. The van der Waals surface area contributed by atoms with E-state index in [1.807, 2.05) is 32.9 Å². The Kier molecular flexibility index (Phi) is 7.37. The highest BCUT2D eigenvalue weighted by Gasteiger charge is 2.27. The summed E-state index contributed by atoms with van der Waals surface area (Å²) in [6.45, 7) is 7.01. The van der Waals surface area contributed by atoms with Gasteiger partial charge in [0.15, 0.2) is 5.78 Å². The quantitative estimate of drug-likeness (QED) is 0.523. The minimum atomic E-state index is -0.482. The summed E-state index contributed by atoms with van der Waals surface area (Å²) in [7, 11) is 0. The lowest BCUT2D eigenvalue weighted by molar-refractivity contribution is 0.0184. The molecular weight excluding hydrogens is 417 g/mol. The Hall–Kier alpha value is -2.40. The molecule has 0 bridgehead atoms. The van der Waals surface area contributed by atoms with E-state index in [1.165, 1.54) is 17.7 Å². The van der Waals surface area contributed by atoms with Crippen molar-refractivity contribution in [1.29, 1.82) is 0 Å². The number of hydrogen-bond donors (Lipinski definition) is 0. The average Bonchev–Trinajstić information content (AvgIpc) is 2.67. The number of carbonyl (C=O) groups excluding carboxylic acids is 2. The average molecular weight is 446 g/mol. The summed E-state index contributed by atoms with van der Waals surface area (Å²) in [6.07, 6.45) is 2.73. The standard InChI is InChI=1S/C25H29ClFNO3/c1-25(2,3)31-24(30)28-11-9-17(10-12-28)13-18-5-4-6-19(14-18)15-23(29)21-8-7-20(27)16-22(21)26/h4-8,14,16-17H,9-13,15H2,1-3H3. The van der Waals surface area contributed by atoms with Gasteiger partial charge in [0.2, 0.25) is 0 Å². The molecule has 0 N–H and O–H groups in total. The molecular formula is C25H29ClFNO3. The van der Waals surface area contributed by atoms with E-state index in [2.05, 4.69) is 12.1 Å². The van der Waals surface area contributed by atoms with Crippen molar-refractivity contribution in [2.75, 3.05) is 13.1 Å². The Morgan fingerprint density at radius 2 is 1.77 bits per heavy atom. The van der Waals surface area contributed by atoms with Gasteiger partial charge in [-0.2, -0.15) is 0 Å². The SMILES string of the molecule is CC(C)(C)OC(=O)N1CCC(Cc2cccc(CC(=O)c3ccc(F)cc3Cl)c2)CC1. The van der Waals surface area contributed by atoms with Crippen LogP contribution >= 0.6 is 11.6 Å². The van der Waals surface area contributed by atoms with Crippen LogP contribution in [0.3, 0.4) is 0 Å². The van der Waals surface area contributed by atoms with Crippen LogP contribution < -0.4 is 0 Å². The number of Topliss-reactive ketones (excluding diaryl/α,β-unsaturated/α-hetero) is 1. The smallest absolute Gasteiger partial charge is 0.410 e. The zero-order valence-electron chi connectivity index (χ0n) is 18.3. The van der Waals surface area contributed by atoms with E-state index < -0.39 is 11.4 Å². The molecule has 1 saturated heterocycles. The van der Waals surface area contributed by atoms with Crippen molar-refractivity contribution in [3.63, 3.8) is 0 Å². The minimum Gasteiger partial charge on any atom is -0.444 e. The summed E-state index contributed by atoms with van der Waals surface area (Å²) < 4.78 is 18.7. The maximum atomic E-state index is 13.2. The number of benzene rings is 2. The van der Waals surface area contributed by atoms with Gasteiger partial charge in [0.25, 0.3) is 0 Å². The first-order chi connectivity index (χ1) is 14.6. The van der Waals surface area contributed by atoms with Crippen molar-refractivity contribution in [2.24, 2.45) is 5.92 Å². The third-order valence-electron chi connectivity index (χ3n) is 5.38. The molecule has 0 aromatic heterocycles. The summed E-state index contributed by atoms with van der Waals surface area (Å²) in [6, 6.07) is 11.8. The Morgan fingerprint density at radius 3 is 2.42 bits per heavy atom. The summed E-state index contributed by atoms with van der Waals surface area (Å²) in [5.74, 6) is -0.106. The number of ketones is 1. The van der Waals surface area contributed by atoms with Crippen molar-refractivity contribution >= 4 is 23.5 Å². The molecule has 1 heterocycles. The number of ether oxygens (including phenoxy) is 1. The van der Waals surface area contributed by atoms with E-state index in [4.69, 9.17) is 16.3 Å².